The van der Waals surface area contributed by atoms with Gasteiger partial charge in [0.2, 0.25) is 5.88 Å². The SMILES string of the molecule is C=c1oc(=O)cc/c1=C/CC[C@H](Oc1cc(-c2ccc(F)c(C#N)c2)ncn1)C(C)(C)O. The third-order valence-corrected chi connectivity index (χ3v) is 4.81. The third kappa shape index (κ3) is 5.65. The van der Waals surface area contributed by atoms with Gasteiger partial charge in [0.25, 0.3) is 0 Å². The van der Waals surface area contributed by atoms with Crippen molar-refractivity contribution in [3.8, 4) is 23.2 Å². The first-order valence-corrected chi connectivity index (χ1v) is 9.88. The van der Waals surface area contributed by atoms with Crippen LogP contribution < -0.4 is 21.0 Å². The van der Waals surface area contributed by atoms with Gasteiger partial charge in [-0.15, -0.1) is 0 Å². The molecule has 3 rings (SSSR count). The minimum Gasteiger partial charge on any atom is -0.471 e. The summed E-state index contributed by atoms with van der Waals surface area (Å²) in [7, 11) is 0. The summed E-state index contributed by atoms with van der Waals surface area (Å²) in [6.45, 7) is 6.98. The lowest BCUT2D eigenvalue weighted by Crippen LogP contribution is -2.40. The van der Waals surface area contributed by atoms with Crippen molar-refractivity contribution in [1.29, 1.82) is 5.26 Å². The fourth-order valence-corrected chi connectivity index (χ4v) is 3.07. The minimum absolute atomic E-state index is 0.0879. The van der Waals surface area contributed by atoms with Gasteiger partial charge in [0.15, 0.2) is 0 Å². The lowest BCUT2D eigenvalue weighted by molar-refractivity contribution is -0.0383. The number of halogens is 1. The highest BCUT2D eigenvalue weighted by Crippen LogP contribution is 2.25. The fraction of sp³-hybridized carbons (Fsp3) is 0.250. The molecule has 0 unspecified atom stereocenters. The highest BCUT2D eigenvalue weighted by molar-refractivity contribution is 5.62. The molecule has 2 aromatic heterocycles. The average molecular weight is 435 g/mol. The lowest BCUT2D eigenvalue weighted by atomic mass is 9.97. The van der Waals surface area contributed by atoms with E-state index in [0.717, 1.165) is 0 Å². The third-order valence-electron chi connectivity index (χ3n) is 4.81. The Bertz CT molecular complexity index is 1320. The zero-order chi connectivity index (χ0) is 23.3. The predicted molar refractivity (Wildman–Crippen MR) is 116 cm³/mol. The maximum Gasteiger partial charge on any atom is 0.336 e. The number of ether oxygens (including phenoxy) is 1. The van der Waals surface area contributed by atoms with Crippen LogP contribution in [0.3, 0.4) is 0 Å². The molecule has 0 spiro atoms. The summed E-state index contributed by atoms with van der Waals surface area (Å²) in [6, 6.07) is 10.4. The van der Waals surface area contributed by atoms with E-state index in [1.54, 1.807) is 32.0 Å². The second-order valence-electron chi connectivity index (χ2n) is 7.72. The normalized spacial score (nSPS) is 12.9. The number of nitrogens with zero attached hydrogens (tertiary/aromatic N) is 3. The second kappa shape index (κ2) is 9.54. The Kier molecular flexibility index (Phi) is 6.81. The highest BCUT2D eigenvalue weighted by Gasteiger charge is 2.28. The molecule has 32 heavy (non-hydrogen) atoms. The molecule has 0 aliphatic heterocycles. The van der Waals surface area contributed by atoms with Crippen LogP contribution in [0.1, 0.15) is 32.3 Å². The van der Waals surface area contributed by atoms with Crippen molar-refractivity contribution in [2.45, 2.75) is 38.4 Å². The van der Waals surface area contributed by atoms with Gasteiger partial charge >= 0.3 is 5.63 Å². The quantitative estimate of drug-likeness (QED) is 0.606. The van der Waals surface area contributed by atoms with Crippen molar-refractivity contribution in [2.24, 2.45) is 0 Å². The summed E-state index contributed by atoms with van der Waals surface area (Å²) in [5.74, 6) is -0.378. The van der Waals surface area contributed by atoms with Crippen LogP contribution in [0.4, 0.5) is 4.39 Å². The first-order chi connectivity index (χ1) is 15.2. The van der Waals surface area contributed by atoms with Crippen molar-refractivity contribution in [2.75, 3.05) is 0 Å². The second-order valence-corrected chi connectivity index (χ2v) is 7.72. The Hall–Kier alpha value is -3.83. The summed E-state index contributed by atoms with van der Waals surface area (Å²) < 4.78 is 24.5. The Morgan fingerprint density at radius 2 is 2.09 bits per heavy atom. The van der Waals surface area contributed by atoms with Crippen LogP contribution in [0.2, 0.25) is 0 Å². The molecule has 7 nitrogen and oxygen atoms in total. The number of hydrogen-bond donors (Lipinski definition) is 1. The van der Waals surface area contributed by atoms with E-state index in [9.17, 15) is 14.3 Å². The topological polar surface area (TPSA) is 109 Å². The summed E-state index contributed by atoms with van der Waals surface area (Å²) in [6.07, 6.45) is 3.49. The molecule has 0 fully saturated rings. The van der Waals surface area contributed by atoms with Crippen LogP contribution in [-0.4, -0.2) is 26.8 Å². The number of rotatable bonds is 7. The molecule has 2 heterocycles. The maximum absolute atomic E-state index is 13.6. The van der Waals surface area contributed by atoms with Crippen LogP contribution in [0.15, 0.2) is 51.9 Å². The molecule has 1 N–H and O–H groups in total. The van der Waals surface area contributed by atoms with Gasteiger partial charge in [-0.2, -0.15) is 5.26 Å². The number of aromatic nitrogens is 2. The highest BCUT2D eigenvalue weighted by atomic mass is 19.1. The van der Waals surface area contributed by atoms with Gasteiger partial charge in [0, 0.05) is 22.9 Å². The van der Waals surface area contributed by atoms with Gasteiger partial charge in [-0.3, -0.25) is 0 Å². The molecule has 0 aliphatic rings. The largest absolute Gasteiger partial charge is 0.471 e. The monoisotopic (exact) mass is 435 g/mol. The molecule has 3 aromatic rings. The smallest absolute Gasteiger partial charge is 0.336 e. The van der Waals surface area contributed by atoms with Crippen molar-refractivity contribution < 1.29 is 18.7 Å². The molecule has 1 atom stereocenters. The first-order valence-electron chi connectivity index (χ1n) is 9.88. The minimum atomic E-state index is -1.18. The van der Waals surface area contributed by atoms with Crippen molar-refractivity contribution in [3.05, 3.63) is 75.2 Å². The van der Waals surface area contributed by atoms with Gasteiger partial charge in [-0.1, -0.05) is 12.7 Å². The average Bonchev–Trinajstić information content (AvgIpc) is 2.74. The molecule has 0 aliphatic carbocycles. The van der Waals surface area contributed by atoms with E-state index in [1.807, 2.05) is 6.08 Å². The van der Waals surface area contributed by atoms with E-state index in [2.05, 4.69) is 16.5 Å². The van der Waals surface area contributed by atoms with Crippen molar-refractivity contribution in [1.82, 2.24) is 9.97 Å². The van der Waals surface area contributed by atoms with Gasteiger partial charge < -0.3 is 14.3 Å². The van der Waals surface area contributed by atoms with Crippen molar-refractivity contribution in [3.63, 3.8) is 0 Å². The molecule has 164 valence electrons. The molecule has 0 bridgehead atoms. The molecular formula is C24H22FN3O4. The standard InChI is InChI=1S/C24H22FN3O4/c1-15-16(8-10-23(29)31-15)5-4-6-21(24(2,3)30)32-22-12-20(27-14-28-22)17-7-9-19(25)18(11-17)13-26/h5,7-12,14,21,30H,1,4,6H2,2-3H3/b16-5-/t21-/m0/s1. The molecule has 1 aromatic carbocycles. The summed E-state index contributed by atoms with van der Waals surface area (Å²) in [4.78, 5) is 19.5. The van der Waals surface area contributed by atoms with Crippen LogP contribution in [0, 0.1) is 17.1 Å². The molecular weight excluding hydrogens is 413 g/mol. The zero-order valence-corrected chi connectivity index (χ0v) is 17.7. The predicted octanol–water partition coefficient (Wildman–Crippen LogP) is 2.30. The number of nitriles is 1. The summed E-state index contributed by atoms with van der Waals surface area (Å²) >= 11 is 0. The fourth-order valence-electron chi connectivity index (χ4n) is 3.07. The zero-order valence-electron chi connectivity index (χ0n) is 17.7. The Morgan fingerprint density at radius 1 is 1.31 bits per heavy atom. The molecule has 0 saturated carbocycles. The van der Waals surface area contributed by atoms with Crippen LogP contribution in [-0.2, 0) is 0 Å². The first kappa shape index (κ1) is 22.8. The Labute approximate surface area is 183 Å². The molecule has 0 radical (unpaired) electrons. The molecule has 0 saturated heterocycles. The lowest BCUT2D eigenvalue weighted by Gasteiger charge is -2.29. The van der Waals surface area contributed by atoms with Crippen LogP contribution in [0.5, 0.6) is 5.88 Å². The van der Waals surface area contributed by atoms with E-state index in [0.29, 0.717) is 29.3 Å². The van der Waals surface area contributed by atoms with Gasteiger partial charge in [-0.25, -0.2) is 19.2 Å². The van der Waals surface area contributed by atoms with E-state index in [-0.39, 0.29) is 16.9 Å². The number of hydrogen-bond acceptors (Lipinski definition) is 7. The van der Waals surface area contributed by atoms with E-state index in [1.165, 1.54) is 30.6 Å². The van der Waals surface area contributed by atoms with Gasteiger partial charge in [0.1, 0.15) is 29.7 Å². The van der Waals surface area contributed by atoms with E-state index in [4.69, 9.17) is 14.4 Å². The van der Waals surface area contributed by atoms with Gasteiger partial charge in [0.05, 0.1) is 16.9 Å². The van der Waals surface area contributed by atoms with E-state index < -0.39 is 23.1 Å². The van der Waals surface area contributed by atoms with E-state index >= 15 is 0 Å². The van der Waals surface area contributed by atoms with Gasteiger partial charge in [-0.05, 0) is 51.0 Å². The number of aliphatic hydroxyl groups is 1. The van der Waals surface area contributed by atoms with Crippen LogP contribution >= 0.6 is 0 Å². The number of benzene rings is 1. The summed E-state index contributed by atoms with van der Waals surface area (Å²) in [5, 5.41) is 20.3. The van der Waals surface area contributed by atoms with Crippen LogP contribution in [0.25, 0.3) is 23.9 Å². The Balaban J connectivity index is 1.81. The molecule has 0 amide bonds. The maximum atomic E-state index is 13.6. The summed E-state index contributed by atoms with van der Waals surface area (Å²) in [5.41, 5.74) is -0.470. The Morgan fingerprint density at radius 3 is 2.78 bits per heavy atom. The van der Waals surface area contributed by atoms with Crippen molar-refractivity contribution >= 4 is 12.7 Å². The molecule has 8 heteroatoms.